The largest absolute Gasteiger partial charge is 0.353 e. The summed E-state index contributed by atoms with van der Waals surface area (Å²) in [5.41, 5.74) is 3.26. The molecule has 0 radical (unpaired) electrons. The lowest BCUT2D eigenvalue weighted by Crippen LogP contribution is -1.90. The van der Waals surface area contributed by atoms with Crippen LogP contribution in [0.3, 0.4) is 0 Å². The number of fused-ring (bicyclic) bond motifs is 4. The fraction of sp³-hybridized carbons (Fsp3) is 0. The van der Waals surface area contributed by atoms with Gasteiger partial charge in [0.15, 0.2) is 0 Å². The van der Waals surface area contributed by atoms with Gasteiger partial charge in [-0.1, -0.05) is 17.7 Å². The molecule has 2 aliphatic rings. The normalized spacial score (nSPS) is 11.5. The number of nitrogens with zero attached hydrogens (tertiary/aromatic N) is 2. The van der Waals surface area contributed by atoms with Crippen LogP contribution >= 0.6 is 11.6 Å². The van der Waals surface area contributed by atoms with Crippen molar-refractivity contribution in [2.24, 2.45) is 0 Å². The van der Waals surface area contributed by atoms with Gasteiger partial charge in [-0.15, -0.1) is 0 Å². The highest BCUT2D eigenvalue weighted by Gasteiger charge is 2.16. The van der Waals surface area contributed by atoms with E-state index in [1.165, 1.54) is 12.1 Å². The number of benzene rings is 2. The maximum atomic E-state index is 10.9. The number of aromatic amines is 1. The Bertz CT molecular complexity index is 993. The summed E-state index contributed by atoms with van der Waals surface area (Å²) in [6.07, 6.45) is 0. The van der Waals surface area contributed by atoms with Crippen LogP contribution < -0.4 is 0 Å². The molecule has 0 aromatic heterocycles. The standard InChI is InChI=1S/C15H8ClN3O2/c16-10-2-1-3-12-14(10)15-13(17-12)7-8-6-9(19(20)21)4-5-11(8)18-15/h1-7,18H. The van der Waals surface area contributed by atoms with E-state index in [1.54, 1.807) is 6.07 Å². The molecule has 0 atom stereocenters. The number of pyridine rings is 1. The summed E-state index contributed by atoms with van der Waals surface area (Å²) >= 11 is 6.25. The molecule has 6 heteroatoms. The molecule has 0 spiro atoms. The molecule has 0 unspecified atom stereocenters. The first-order valence-electron chi connectivity index (χ1n) is 6.28. The average molecular weight is 298 g/mol. The number of nitrogens with one attached hydrogen (secondary N) is 1. The minimum absolute atomic E-state index is 0.0596. The van der Waals surface area contributed by atoms with Crippen LogP contribution in [-0.4, -0.2) is 14.9 Å². The zero-order valence-corrected chi connectivity index (χ0v) is 11.4. The van der Waals surface area contributed by atoms with E-state index in [-0.39, 0.29) is 5.69 Å². The van der Waals surface area contributed by atoms with Gasteiger partial charge in [-0.2, -0.15) is 0 Å². The van der Waals surface area contributed by atoms with Crippen molar-refractivity contribution in [3.05, 3.63) is 57.6 Å². The highest BCUT2D eigenvalue weighted by molar-refractivity contribution is 6.36. The number of rotatable bonds is 1. The van der Waals surface area contributed by atoms with E-state index in [2.05, 4.69) is 9.97 Å². The average Bonchev–Trinajstić information content (AvgIpc) is 2.82. The van der Waals surface area contributed by atoms with Gasteiger partial charge < -0.3 is 4.98 Å². The second kappa shape index (κ2) is 4.17. The molecule has 1 N–H and O–H groups in total. The molecule has 102 valence electrons. The molecule has 0 saturated heterocycles. The molecule has 4 rings (SSSR count). The minimum Gasteiger partial charge on any atom is -0.353 e. The summed E-state index contributed by atoms with van der Waals surface area (Å²) in [6.45, 7) is 0. The van der Waals surface area contributed by atoms with E-state index in [0.717, 1.165) is 33.2 Å². The Hall–Kier alpha value is -2.66. The van der Waals surface area contributed by atoms with Crippen LogP contribution in [0.4, 0.5) is 5.69 Å². The molecule has 2 aliphatic heterocycles. The Morgan fingerprint density at radius 1 is 1.19 bits per heavy atom. The van der Waals surface area contributed by atoms with E-state index in [1.807, 2.05) is 24.3 Å². The zero-order chi connectivity index (χ0) is 14.6. The van der Waals surface area contributed by atoms with Crippen molar-refractivity contribution in [1.29, 1.82) is 0 Å². The van der Waals surface area contributed by atoms with E-state index in [4.69, 9.17) is 11.6 Å². The lowest BCUT2D eigenvalue weighted by atomic mass is 10.1. The smallest absolute Gasteiger partial charge is 0.270 e. The van der Waals surface area contributed by atoms with E-state index >= 15 is 0 Å². The lowest BCUT2D eigenvalue weighted by molar-refractivity contribution is -0.384. The van der Waals surface area contributed by atoms with Crippen LogP contribution in [0.1, 0.15) is 0 Å². The number of hydrogen-bond acceptors (Lipinski definition) is 3. The fourth-order valence-corrected chi connectivity index (χ4v) is 2.84. The van der Waals surface area contributed by atoms with Crippen molar-refractivity contribution in [3.8, 4) is 11.4 Å². The highest BCUT2D eigenvalue weighted by atomic mass is 35.5. The third kappa shape index (κ3) is 1.75. The van der Waals surface area contributed by atoms with Gasteiger partial charge in [-0.25, -0.2) is 4.98 Å². The van der Waals surface area contributed by atoms with Gasteiger partial charge in [-0.3, -0.25) is 10.1 Å². The number of nitro benzene ring substituents is 1. The van der Waals surface area contributed by atoms with Crippen LogP contribution in [0.15, 0.2) is 42.5 Å². The Morgan fingerprint density at radius 2 is 2.05 bits per heavy atom. The molecule has 0 fully saturated rings. The minimum atomic E-state index is -0.407. The van der Waals surface area contributed by atoms with Gasteiger partial charge in [0.25, 0.3) is 5.69 Å². The molecule has 2 heterocycles. The van der Waals surface area contributed by atoms with Crippen molar-refractivity contribution in [2.45, 2.75) is 0 Å². The van der Waals surface area contributed by atoms with Crippen molar-refractivity contribution in [1.82, 2.24) is 9.97 Å². The Balaban J connectivity index is 2.12. The first kappa shape index (κ1) is 12.1. The van der Waals surface area contributed by atoms with Gasteiger partial charge in [0.2, 0.25) is 0 Å². The number of H-pyrrole nitrogens is 1. The van der Waals surface area contributed by atoms with Crippen LogP contribution in [0.5, 0.6) is 0 Å². The third-order valence-corrected chi connectivity index (χ3v) is 3.85. The Morgan fingerprint density at radius 3 is 2.86 bits per heavy atom. The maximum Gasteiger partial charge on any atom is 0.270 e. The molecular weight excluding hydrogens is 290 g/mol. The number of hydrogen-bond donors (Lipinski definition) is 1. The molecule has 2 aromatic carbocycles. The molecule has 0 aliphatic carbocycles. The van der Waals surface area contributed by atoms with Crippen LogP contribution in [0.2, 0.25) is 5.02 Å². The number of non-ortho nitro benzene ring substituents is 1. The van der Waals surface area contributed by atoms with E-state index in [9.17, 15) is 10.1 Å². The molecule has 0 amide bonds. The monoisotopic (exact) mass is 297 g/mol. The van der Waals surface area contributed by atoms with Gasteiger partial charge >= 0.3 is 0 Å². The molecule has 0 bridgehead atoms. The van der Waals surface area contributed by atoms with Crippen LogP contribution in [0.25, 0.3) is 33.2 Å². The lowest BCUT2D eigenvalue weighted by Gasteiger charge is -2.04. The van der Waals surface area contributed by atoms with Gasteiger partial charge in [0.1, 0.15) is 0 Å². The summed E-state index contributed by atoms with van der Waals surface area (Å²) in [7, 11) is 0. The predicted octanol–water partition coefficient (Wildman–Crippen LogP) is 4.38. The second-order valence-corrected chi connectivity index (χ2v) is 5.21. The Labute approximate surface area is 123 Å². The summed E-state index contributed by atoms with van der Waals surface area (Å²) < 4.78 is 0. The van der Waals surface area contributed by atoms with E-state index in [0.29, 0.717) is 5.02 Å². The summed E-state index contributed by atoms with van der Waals surface area (Å²) in [6, 6.07) is 12.1. The fourth-order valence-electron chi connectivity index (χ4n) is 2.58. The molecule has 0 saturated carbocycles. The van der Waals surface area contributed by atoms with Crippen molar-refractivity contribution in [3.63, 3.8) is 0 Å². The van der Waals surface area contributed by atoms with Gasteiger partial charge in [-0.05, 0) is 24.3 Å². The third-order valence-electron chi connectivity index (χ3n) is 3.54. The van der Waals surface area contributed by atoms with Crippen LogP contribution in [0, 0.1) is 10.1 Å². The van der Waals surface area contributed by atoms with Gasteiger partial charge in [0.05, 0.1) is 26.9 Å². The SMILES string of the molecule is O=[N+]([O-])c1ccc2[nH]c3c4c(Cl)cccc4nc-3cc2c1. The topological polar surface area (TPSA) is 71.8 Å². The summed E-state index contributed by atoms with van der Waals surface area (Å²) in [4.78, 5) is 18.2. The second-order valence-electron chi connectivity index (χ2n) is 4.80. The van der Waals surface area contributed by atoms with Crippen molar-refractivity contribution >= 4 is 39.1 Å². The zero-order valence-electron chi connectivity index (χ0n) is 10.6. The molecule has 5 nitrogen and oxygen atoms in total. The first-order chi connectivity index (χ1) is 10.1. The summed E-state index contributed by atoms with van der Waals surface area (Å²) in [5.74, 6) is 0. The van der Waals surface area contributed by atoms with E-state index < -0.39 is 4.92 Å². The quantitative estimate of drug-likeness (QED) is 0.418. The van der Waals surface area contributed by atoms with Crippen molar-refractivity contribution in [2.75, 3.05) is 0 Å². The molecule has 2 aromatic rings. The highest BCUT2D eigenvalue weighted by Crippen LogP contribution is 2.36. The first-order valence-corrected chi connectivity index (χ1v) is 6.66. The number of aromatic nitrogens is 2. The Kier molecular flexibility index (Phi) is 2.40. The summed E-state index contributed by atoms with van der Waals surface area (Å²) in [5, 5.41) is 13.1. The number of nitro groups is 1. The predicted molar refractivity (Wildman–Crippen MR) is 81.9 cm³/mol. The van der Waals surface area contributed by atoms with Crippen LogP contribution in [-0.2, 0) is 0 Å². The van der Waals surface area contributed by atoms with Gasteiger partial charge in [0, 0.05) is 28.4 Å². The number of halogens is 1. The maximum absolute atomic E-state index is 10.9. The molecular formula is C15H8ClN3O2. The van der Waals surface area contributed by atoms with Crippen molar-refractivity contribution < 1.29 is 4.92 Å². The molecule has 21 heavy (non-hydrogen) atoms.